The Morgan fingerprint density at radius 1 is 1.44 bits per heavy atom. The number of nitrogens with one attached hydrogen (secondary N) is 2. The number of carbonyl (C=O) groups is 1. The molecule has 0 spiro atoms. The minimum absolute atomic E-state index is 0.177. The van der Waals surface area contributed by atoms with Crippen LogP contribution in [0.2, 0.25) is 0 Å². The molecule has 0 aliphatic carbocycles. The van der Waals surface area contributed by atoms with Gasteiger partial charge in [0.25, 0.3) is 5.91 Å². The van der Waals surface area contributed by atoms with Crippen molar-refractivity contribution in [1.29, 1.82) is 0 Å². The lowest BCUT2D eigenvalue weighted by Gasteiger charge is -1.97. The van der Waals surface area contributed by atoms with Crippen molar-refractivity contribution in [2.45, 2.75) is 0 Å². The van der Waals surface area contributed by atoms with Crippen LogP contribution in [0.4, 0.5) is 0 Å². The van der Waals surface area contributed by atoms with Gasteiger partial charge >= 0.3 is 0 Å². The number of halogens is 1. The fraction of sp³-hybridized carbons (Fsp3) is 0. The van der Waals surface area contributed by atoms with Crippen LogP contribution in [0.5, 0.6) is 0 Å². The van der Waals surface area contributed by atoms with E-state index >= 15 is 0 Å². The summed E-state index contributed by atoms with van der Waals surface area (Å²) in [6.07, 6.45) is 3.62. The molecule has 1 aliphatic rings. The molecule has 3 rings (SSSR count). The lowest BCUT2D eigenvalue weighted by Crippen LogP contribution is -2.13. The number of H-pyrrole nitrogens is 1. The molecule has 2 aromatic rings. The molecule has 0 radical (unpaired) electrons. The first kappa shape index (κ1) is 11.4. The van der Waals surface area contributed by atoms with Crippen molar-refractivity contribution < 1.29 is 4.79 Å². The summed E-state index contributed by atoms with van der Waals surface area (Å²) in [5.74, 6) is -0.177. The van der Waals surface area contributed by atoms with Crippen molar-refractivity contribution in [2.24, 2.45) is 5.10 Å². The van der Waals surface area contributed by atoms with Crippen molar-refractivity contribution in [3.63, 3.8) is 0 Å². The topological polar surface area (TPSA) is 57.2 Å². The smallest absolute Gasteiger partial charge is 0.273 e. The highest BCUT2D eigenvalue weighted by Crippen LogP contribution is 2.21. The number of amides is 1. The number of carbonyl (C=O) groups excluding carboxylic acids is 1. The second kappa shape index (κ2) is 4.55. The number of rotatable bonds is 2. The lowest BCUT2D eigenvalue weighted by molar-refractivity contribution is -0.116. The molecule has 1 amide bonds. The number of aromatic amines is 1. The second-order valence-corrected chi connectivity index (χ2v) is 5.57. The van der Waals surface area contributed by atoms with Crippen LogP contribution < -0.4 is 5.43 Å². The van der Waals surface area contributed by atoms with Crippen molar-refractivity contribution in [3.8, 4) is 0 Å². The zero-order valence-corrected chi connectivity index (χ0v) is 11.5. The van der Waals surface area contributed by atoms with Gasteiger partial charge in [0.1, 0.15) is 5.71 Å². The molecule has 0 aromatic carbocycles. The van der Waals surface area contributed by atoms with Gasteiger partial charge in [-0.3, -0.25) is 4.79 Å². The maximum Gasteiger partial charge on any atom is 0.273 e. The largest absolute Gasteiger partial charge is 0.361 e. The summed E-state index contributed by atoms with van der Waals surface area (Å²) >= 11 is 4.92. The molecule has 2 aromatic heterocycles. The van der Waals surface area contributed by atoms with Gasteiger partial charge in [0.05, 0.1) is 10.5 Å². The molecule has 0 bridgehead atoms. The van der Waals surface area contributed by atoms with Crippen LogP contribution >= 0.6 is 27.3 Å². The zero-order chi connectivity index (χ0) is 12.5. The molecule has 2 N–H and O–H groups in total. The predicted molar refractivity (Wildman–Crippen MR) is 75.5 cm³/mol. The van der Waals surface area contributed by atoms with Crippen LogP contribution in [0.15, 0.2) is 44.9 Å². The third-order valence-electron chi connectivity index (χ3n) is 2.49. The Morgan fingerprint density at radius 2 is 2.33 bits per heavy atom. The summed E-state index contributed by atoms with van der Waals surface area (Å²) < 4.78 is 0.947. The Labute approximate surface area is 116 Å². The Bertz CT molecular complexity index is 655. The Morgan fingerprint density at radius 3 is 3.00 bits per heavy atom. The van der Waals surface area contributed by atoms with E-state index in [2.05, 4.69) is 31.4 Å². The molecule has 6 heteroatoms. The van der Waals surface area contributed by atoms with E-state index < -0.39 is 0 Å². The van der Waals surface area contributed by atoms with Gasteiger partial charge < -0.3 is 4.98 Å². The van der Waals surface area contributed by atoms with Gasteiger partial charge in [-0.2, -0.15) is 5.10 Å². The average molecular weight is 322 g/mol. The molecule has 0 saturated carbocycles. The summed E-state index contributed by atoms with van der Waals surface area (Å²) in [5, 5.41) is 6.04. The van der Waals surface area contributed by atoms with Gasteiger partial charge in [-0.25, -0.2) is 5.43 Å². The highest BCUT2D eigenvalue weighted by Gasteiger charge is 2.24. The molecule has 1 aliphatic heterocycles. The monoisotopic (exact) mass is 321 g/mol. The van der Waals surface area contributed by atoms with Crippen LogP contribution in [-0.2, 0) is 4.79 Å². The second-order valence-electron chi connectivity index (χ2n) is 3.71. The number of aromatic nitrogens is 1. The highest BCUT2D eigenvalue weighted by atomic mass is 79.9. The van der Waals surface area contributed by atoms with Crippen LogP contribution in [0.25, 0.3) is 6.08 Å². The Kier molecular flexibility index (Phi) is 2.89. The minimum atomic E-state index is -0.177. The predicted octanol–water partition coefficient (Wildman–Crippen LogP) is 2.76. The van der Waals surface area contributed by atoms with Crippen LogP contribution in [0.3, 0.4) is 0 Å². The summed E-state index contributed by atoms with van der Waals surface area (Å²) in [4.78, 5) is 15.8. The highest BCUT2D eigenvalue weighted by molar-refractivity contribution is 9.10. The Balaban J connectivity index is 2.01. The maximum atomic E-state index is 11.8. The quantitative estimate of drug-likeness (QED) is 0.821. The van der Waals surface area contributed by atoms with Gasteiger partial charge in [-0.05, 0) is 39.5 Å². The van der Waals surface area contributed by atoms with Crippen molar-refractivity contribution >= 4 is 45.0 Å². The summed E-state index contributed by atoms with van der Waals surface area (Å²) in [6, 6.07) is 5.79. The van der Waals surface area contributed by atoms with Crippen molar-refractivity contribution in [3.05, 3.63) is 50.4 Å². The molecular formula is C12H8BrN3OS. The molecule has 3 heterocycles. The zero-order valence-electron chi connectivity index (χ0n) is 9.11. The van der Waals surface area contributed by atoms with Crippen molar-refractivity contribution in [1.82, 2.24) is 10.4 Å². The van der Waals surface area contributed by atoms with E-state index in [4.69, 9.17) is 0 Å². The summed E-state index contributed by atoms with van der Waals surface area (Å²) in [7, 11) is 0. The van der Waals surface area contributed by atoms with E-state index in [1.807, 2.05) is 29.8 Å². The first-order chi connectivity index (χ1) is 8.74. The van der Waals surface area contributed by atoms with E-state index in [0.717, 1.165) is 15.0 Å². The fourth-order valence-corrected chi connectivity index (χ4v) is 2.78. The average Bonchev–Trinajstić information content (AvgIpc) is 3.03. The SMILES string of the molecule is O=C1NN=C(c2cccs2)/C1=C\c1cc(Br)c[nH]1. The first-order valence-corrected chi connectivity index (χ1v) is 6.89. The molecule has 0 saturated heterocycles. The summed E-state index contributed by atoms with van der Waals surface area (Å²) in [5.41, 5.74) is 4.63. The van der Waals surface area contributed by atoms with Gasteiger partial charge in [0.2, 0.25) is 0 Å². The van der Waals surface area contributed by atoms with Crippen LogP contribution in [-0.4, -0.2) is 16.6 Å². The molecule has 0 fully saturated rings. The number of hydrogen-bond donors (Lipinski definition) is 2. The van der Waals surface area contributed by atoms with Crippen molar-refractivity contribution in [2.75, 3.05) is 0 Å². The van der Waals surface area contributed by atoms with Gasteiger partial charge in [-0.15, -0.1) is 11.3 Å². The standard InChI is InChI=1S/C12H8BrN3OS/c13-7-4-8(14-6-7)5-9-11(15-16-12(9)17)10-2-1-3-18-10/h1-6,14H,(H,16,17)/b9-5+. The maximum absolute atomic E-state index is 11.8. The van der Waals surface area contributed by atoms with E-state index in [0.29, 0.717) is 11.3 Å². The van der Waals surface area contributed by atoms with E-state index in [1.165, 1.54) is 0 Å². The minimum Gasteiger partial charge on any atom is -0.361 e. The van der Waals surface area contributed by atoms with Gasteiger partial charge in [0, 0.05) is 16.4 Å². The normalized spacial score (nSPS) is 17.1. The molecule has 0 unspecified atom stereocenters. The summed E-state index contributed by atoms with van der Waals surface area (Å²) in [6.45, 7) is 0. The molecular weight excluding hydrogens is 314 g/mol. The number of hydrazone groups is 1. The number of thiophene rings is 1. The molecule has 18 heavy (non-hydrogen) atoms. The first-order valence-electron chi connectivity index (χ1n) is 5.22. The fourth-order valence-electron chi connectivity index (χ4n) is 1.69. The van der Waals surface area contributed by atoms with E-state index in [-0.39, 0.29) is 5.91 Å². The third kappa shape index (κ3) is 2.04. The third-order valence-corrected chi connectivity index (χ3v) is 3.83. The number of nitrogens with zero attached hydrogens (tertiary/aromatic N) is 1. The van der Waals surface area contributed by atoms with Crippen LogP contribution in [0.1, 0.15) is 10.6 Å². The van der Waals surface area contributed by atoms with Gasteiger partial charge in [-0.1, -0.05) is 6.07 Å². The molecule has 4 nitrogen and oxygen atoms in total. The van der Waals surface area contributed by atoms with Gasteiger partial charge in [0.15, 0.2) is 0 Å². The van der Waals surface area contributed by atoms with E-state index in [1.54, 1.807) is 17.4 Å². The van der Waals surface area contributed by atoms with Crippen LogP contribution in [0, 0.1) is 0 Å². The van der Waals surface area contributed by atoms with E-state index in [9.17, 15) is 4.79 Å². The lowest BCUT2D eigenvalue weighted by atomic mass is 10.1. The molecule has 90 valence electrons. The molecule has 0 atom stereocenters. The number of hydrogen-bond acceptors (Lipinski definition) is 3. The Hall–Kier alpha value is -1.66.